The summed E-state index contributed by atoms with van der Waals surface area (Å²) in [7, 11) is 0. The highest BCUT2D eigenvalue weighted by Crippen LogP contribution is 2.33. The lowest BCUT2D eigenvalue weighted by Gasteiger charge is -2.10. The van der Waals surface area contributed by atoms with Crippen LogP contribution in [0.15, 0.2) is 71.3 Å². The number of carbonyl (C=O) groups is 1. The molecule has 32 heavy (non-hydrogen) atoms. The minimum Gasteiger partial charge on any atom is -0.463 e. The van der Waals surface area contributed by atoms with E-state index in [2.05, 4.69) is 15.4 Å². The lowest BCUT2D eigenvalue weighted by molar-refractivity contribution is -0.137. The number of anilines is 1. The first-order chi connectivity index (χ1) is 15.3. The predicted octanol–water partition coefficient (Wildman–Crippen LogP) is 5.20. The van der Waals surface area contributed by atoms with Crippen LogP contribution in [-0.2, 0) is 6.18 Å². The predicted molar refractivity (Wildman–Crippen MR) is 110 cm³/mol. The number of alkyl halides is 3. The SMILES string of the molecule is CCOc1nc(-c2cccc(C(F)(F)F)c2)n(-c2ccc(NC(=O)c3ccco3)cc2)n1. The van der Waals surface area contributed by atoms with Crippen LogP contribution in [-0.4, -0.2) is 27.3 Å². The molecule has 0 saturated heterocycles. The van der Waals surface area contributed by atoms with Gasteiger partial charge in [0, 0.05) is 11.3 Å². The Morgan fingerprint density at radius 1 is 1.12 bits per heavy atom. The molecular weight excluding hydrogens is 425 g/mol. The maximum absolute atomic E-state index is 13.2. The zero-order valence-corrected chi connectivity index (χ0v) is 16.8. The van der Waals surface area contributed by atoms with Gasteiger partial charge in [0.15, 0.2) is 11.6 Å². The Bertz CT molecular complexity index is 1220. The third kappa shape index (κ3) is 4.48. The van der Waals surface area contributed by atoms with Crippen molar-refractivity contribution >= 4 is 11.6 Å². The van der Waals surface area contributed by atoms with Crippen molar-refractivity contribution in [2.45, 2.75) is 13.1 Å². The van der Waals surface area contributed by atoms with Crippen molar-refractivity contribution < 1.29 is 27.1 Å². The van der Waals surface area contributed by atoms with E-state index in [1.54, 1.807) is 37.3 Å². The number of nitrogens with zero attached hydrogens (tertiary/aromatic N) is 3. The molecule has 2 aromatic carbocycles. The first kappa shape index (κ1) is 21.2. The Morgan fingerprint density at radius 3 is 2.56 bits per heavy atom. The van der Waals surface area contributed by atoms with E-state index >= 15 is 0 Å². The minimum atomic E-state index is -4.49. The number of rotatable bonds is 6. The van der Waals surface area contributed by atoms with Gasteiger partial charge in [-0.3, -0.25) is 4.79 Å². The van der Waals surface area contributed by atoms with Crippen molar-refractivity contribution in [1.29, 1.82) is 0 Å². The Labute approximate surface area is 180 Å². The summed E-state index contributed by atoms with van der Waals surface area (Å²) in [6.07, 6.45) is -3.09. The quantitative estimate of drug-likeness (QED) is 0.444. The fourth-order valence-electron chi connectivity index (χ4n) is 2.97. The fourth-order valence-corrected chi connectivity index (χ4v) is 2.97. The highest BCUT2D eigenvalue weighted by atomic mass is 19.4. The summed E-state index contributed by atoms with van der Waals surface area (Å²) in [5, 5.41) is 6.96. The van der Waals surface area contributed by atoms with Crippen LogP contribution in [0.4, 0.5) is 18.9 Å². The van der Waals surface area contributed by atoms with Crippen molar-refractivity contribution in [3.63, 3.8) is 0 Å². The number of amides is 1. The van der Waals surface area contributed by atoms with E-state index in [0.717, 1.165) is 12.1 Å². The molecule has 0 unspecified atom stereocenters. The van der Waals surface area contributed by atoms with Crippen LogP contribution in [0.3, 0.4) is 0 Å². The number of nitrogens with one attached hydrogen (secondary N) is 1. The highest BCUT2D eigenvalue weighted by molar-refractivity contribution is 6.02. The maximum Gasteiger partial charge on any atom is 0.416 e. The third-order valence-electron chi connectivity index (χ3n) is 4.42. The van der Waals surface area contributed by atoms with Crippen LogP contribution < -0.4 is 10.1 Å². The molecular formula is C22H17F3N4O3. The summed E-state index contributed by atoms with van der Waals surface area (Å²) in [5.41, 5.74) is 0.458. The van der Waals surface area contributed by atoms with Gasteiger partial charge in [0.1, 0.15) is 0 Å². The van der Waals surface area contributed by atoms with E-state index < -0.39 is 17.6 Å². The smallest absolute Gasteiger partial charge is 0.416 e. The Balaban J connectivity index is 1.67. The summed E-state index contributed by atoms with van der Waals surface area (Å²) in [4.78, 5) is 16.4. The van der Waals surface area contributed by atoms with Gasteiger partial charge < -0.3 is 14.5 Å². The highest BCUT2D eigenvalue weighted by Gasteiger charge is 2.31. The zero-order chi connectivity index (χ0) is 22.7. The van der Waals surface area contributed by atoms with Gasteiger partial charge in [-0.2, -0.15) is 18.2 Å². The standard InChI is InChI=1S/C22H17F3N4O3/c1-2-31-21-27-19(14-5-3-6-15(13-14)22(23,24)25)29(28-21)17-10-8-16(9-11-17)26-20(30)18-7-4-12-32-18/h3-13H,2H2,1H3,(H,26,30). The molecule has 0 spiro atoms. The molecule has 2 heterocycles. The largest absolute Gasteiger partial charge is 0.463 e. The summed E-state index contributed by atoms with van der Waals surface area (Å²) < 4.78 is 51.3. The average molecular weight is 442 g/mol. The summed E-state index contributed by atoms with van der Waals surface area (Å²) in [6.45, 7) is 2.05. The second kappa shape index (κ2) is 8.58. The normalized spacial score (nSPS) is 11.4. The Hall–Kier alpha value is -4.08. The maximum atomic E-state index is 13.2. The summed E-state index contributed by atoms with van der Waals surface area (Å²) in [6, 6.07) is 14.6. The number of ether oxygens (including phenoxy) is 1. The van der Waals surface area contributed by atoms with Gasteiger partial charge in [-0.25, -0.2) is 4.68 Å². The van der Waals surface area contributed by atoms with Crippen molar-refractivity contribution in [3.05, 3.63) is 78.3 Å². The topological polar surface area (TPSA) is 82.2 Å². The monoisotopic (exact) mass is 442 g/mol. The van der Waals surface area contributed by atoms with Crippen molar-refractivity contribution in [1.82, 2.24) is 14.8 Å². The number of benzene rings is 2. The molecule has 4 rings (SSSR count). The molecule has 0 aliphatic heterocycles. The molecule has 0 aliphatic rings. The second-order valence-electron chi connectivity index (χ2n) is 6.62. The van der Waals surface area contributed by atoms with Crippen molar-refractivity contribution in [2.24, 2.45) is 0 Å². The number of hydrogen-bond donors (Lipinski definition) is 1. The molecule has 164 valence electrons. The van der Waals surface area contributed by atoms with Crippen LogP contribution in [0.25, 0.3) is 17.1 Å². The number of hydrogen-bond acceptors (Lipinski definition) is 5. The molecule has 0 saturated carbocycles. The van der Waals surface area contributed by atoms with Gasteiger partial charge in [0.05, 0.1) is 24.1 Å². The molecule has 0 aliphatic carbocycles. The van der Waals surface area contributed by atoms with E-state index in [-0.39, 0.29) is 23.2 Å². The van der Waals surface area contributed by atoms with Crippen molar-refractivity contribution in [3.8, 4) is 23.1 Å². The number of furan rings is 1. The van der Waals surface area contributed by atoms with Crippen LogP contribution >= 0.6 is 0 Å². The summed E-state index contributed by atoms with van der Waals surface area (Å²) >= 11 is 0. The number of aromatic nitrogens is 3. The van der Waals surface area contributed by atoms with E-state index in [1.165, 1.54) is 29.1 Å². The molecule has 0 fully saturated rings. The van der Waals surface area contributed by atoms with Gasteiger partial charge in [0.25, 0.3) is 5.91 Å². The Morgan fingerprint density at radius 2 is 1.91 bits per heavy atom. The minimum absolute atomic E-state index is 0.0371. The van der Waals surface area contributed by atoms with Gasteiger partial charge in [0.2, 0.25) is 0 Å². The lowest BCUT2D eigenvalue weighted by atomic mass is 10.1. The number of carbonyl (C=O) groups excluding carboxylic acids is 1. The third-order valence-corrected chi connectivity index (χ3v) is 4.42. The van der Waals surface area contributed by atoms with Crippen LogP contribution in [0.2, 0.25) is 0 Å². The van der Waals surface area contributed by atoms with E-state index in [4.69, 9.17) is 9.15 Å². The van der Waals surface area contributed by atoms with Crippen LogP contribution in [0, 0.1) is 0 Å². The molecule has 0 bridgehead atoms. The summed E-state index contributed by atoms with van der Waals surface area (Å²) in [5.74, 6) is -0.0581. The molecule has 1 N–H and O–H groups in total. The van der Waals surface area contributed by atoms with Gasteiger partial charge >= 0.3 is 12.2 Å². The zero-order valence-electron chi connectivity index (χ0n) is 16.8. The van der Waals surface area contributed by atoms with Crippen LogP contribution in [0.5, 0.6) is 6.01 Å². The van der Waals surface area contributed by atoms with Crippen LogP contribution in [0.1, 0.15) is 23.0 Å². The first-order valence-electron chi connectivity index (χ1n) is 9.58. The number of halogens is 3. The fraction of sp³-hybridized carbons (Fsp3) is 0.136. The average Bonchev–Trinajstić information content (AvgIpc) is 3.45. The molecule has 2 aromatic heterocycles. The molecule has 1 amide bonds. The second-order valence-corrected chi connectivity index (χ2v) is 6.62. The van der Waals surface area contributed by atoms with Gasteiger partial charge in [-0.15, -0.1) is 5.10 Å². The van der Waals surface area contributed by atoms with Gasteiger partial charge in [-0.1, -0.05) is 12.1 Å². The van der Waals surface area contributed by atoms with E-state index in [0.29, 0.717) is 18.0 Å². The molecule has 10 heteroatoms. The first-order valence-corrected chi connectivity index (χ1v) is 9.58. The molecule has 0 radical (unpaired) electrons. The Kier molecular flexibility index (Phi) is 5.67. The molecule has 0 atom stereocenters. The molecule has 7 nitrogen and oxygen atoms in total. The lowest BCUT2D eigenvalue weighted by Crippen LogP contribution is -2.11. The van der Waals surface area contributed by atoms with E-state index in [9.17, 15) is 18.0 Å². The van der Waals surface area contributed by atoms with E-state index in [1.807, 2.05) is 0 Å². The molecule has 4 aromatic rings. The van der Waals surface area contributed by atoms with Gasteiger partial charge in [-0.05, 0) is 55.5 Å². The van der Waals surface area contributed by atoms with Crippen molar-refractivity contribution in [2.75, 3.05) is 11.9 Å².